The van der Waals surface area contributed by atoms with Gasteiger partial charge in [-0.1, -0.05) is 62.4 Å². The molecule has 8 nitrogen and oxygen atoms in total. The number of allylic oxidation sites excluding steroid dienone is 3. The number of hydrogen-bond acceptors (Lipinski definition) is 5. The van der Waals surface area contributed by atoms with Gasteiger partial charge in [0, 0.05) is 12.5 Å². The van der Waals surface area contributed by atoms with Crippen LogP contribution in [0.5, 0.6) is 0 Å². The van der Waals surface area contributed by atoms with Crippen LogP contribution in [0.1, 0.15) is 51.6 Å². The van der Waals surface area contributed by atoms with Crippen LogP contribution in [-0.2, 0) is 24.0 Å². The molecule has 1 fully saturated rings. The molecule has 0 radical (unpaired) electrons. The molecule has 33 heavy (non-hydrogen) atoms. The lowest BCUT2D eigenvalue weighted by Gasteiger charge is -2.28. The van der Waals surface area contributed by atoms with E-state index in [1.807, 2.05) is 37.3 Å². The van der Waals surface area contributed by atoms with Crippen LogP contribution >= 0.6 is 0 Å². The number of nitrogens with one attached hydrogen (secondary N) is 3. The Balaban J connectivity index is 2.12. The van der Waals surface area contributed by atoms with E-state index in [1.54, 1.807) is 32.1 Å². The van der Waals surface area contributed by atoms with Gasteiger partial charge in [-0.3, -0.25) is 29.3 Å². The van der Waals surface area contributed by atoms with Crippen LogP contribution < -0.4 is 16.0 Å². The number of Topliss-reactive ketones (excluding diaryl/α,β-unsaturated/α-hetero) is 1. The molecule has 8 heteroatoms. The summed E-state index contributed by atoms with van der Waals surface area (Å²) in [6, 6.07) is 7.58. The summed E-state index contributed by atoms with van der Waals surface area (Å²) in [7, 11) is 0. The monoisotopic (exact) mass is 453 g/mol. The predicted octanol–water partition coefficient (Wildman–Crippen LogP) is 2.13. The summed E-state index contributed by atoms with van der Waals surface area (Å²) >= 11 is 0. The number of rotatable bonds is 10. The maximum absolute atomic E-state index is 13.0. The molecule has 1 aromatic rings. The van der Waals surface area contributed by atoms with E-state index in [2.05, 4.69) is 16.0 Å². The number of hydrogen-bond donors (Lipinski definition) is 3. The first-order valence-electron chi connectivity index (χ1n) is 11.0. The Morgan fingerprint density at radius 2 is 1.79 bits per heavy atom. The molecule has 1 aliphatic rings. The Hall–Kier alpha value is -3.55. The summed E-state index contributed by atoms with van der Waals surface area (Å²) in [5, 5.41) is 7.74. The van der Waals surface area contributed by atoms with E-state index in [9.17, 15) is 24.0 Å². The van der Waals surface area contributed by atoms with Gasteiger partial charge < -0.3 is 10.6 Å². The highest BCUT2D eigenvalue weighted by molar-refractivity contribution is 6.11. The summed E-state index contributed by atoms with van der Waals surface area (Å²) in [5.74, 6) is -3.47. The SMILES string of the molecule is C/C=C/C=C/C(=O)N[C@@H](CC(=O)N[C@H](C(=O)C1CCC(=O)NC1=O)C(C)C)c1ccccc1. The van der Waals surface area contributed by atoms with Gasteiger partial charge >= 0.3 is 0 Å². The first-order valence-corrected chi connectivity index (χ1v) is 11.0. The van der Waals surface area contributed by atoms with Gasteiger partial charge in [0.15, 0.2) is 5.78 Å². The third kappa shape index (κ3) is 7.82. The highest BCUT2D eigenvalue weighted by Gasteiger charge is 2.38. The van der Waals surface area contributed by atoms with Gasteiger partial charge in [-0.2, -0.15) is 0 Å². The van der Waals surface area contributed by atoms with Gasteiger partial charge in [0.05, 0.1) is 24.4 Å². The van der Waals surface area contributed by atoms with E-state index in [0.29, 0.717) is 0 Å². The van der Waals surface area contributed by atoms with E-state index in [-0.39, 0.29) is 31.1 Å². The molecule has 1 unspecified atom stereocenters. The zero-order valence-corrected chi connectivity index (χ0v) is 19.2. The molecule has 4 amide bonds. The Morgan fingerprint density at radius 3 is 2.39 bits per heavy atom. The molecule has 2 rings (SSSR count). The second kappa shape index (κ2) is 12.5. The fraction of sp³-hybridized carbons (Fsp3) is 0.400. The van der Waals surface area contributed by atoms with E-state index in [1.165, 1.54) is 6.08 Å². The normalized spacial score (nSPS) is 18.2. The minimum atomic E-state index is -0.975. The van der Waals surface area contributed by atoms with Crippen molar-refractivity contribution in [1.82, 2.24) is 16.0 Å². The molecule has 0 aliphatic carbocycles. The summed E-state index contributed by atoms with van der Waals surface area (Å²) in [6.45, 7) is 5.38. The van der Waals surface area contributed by atoms with Crippen molar-refractivity contribution in [3.8, 4) is 0 Å². The highest BCUT2D eigenvalue weighted by atomic mass is 16.2. The standard InChI is InChI=1S/C25H31N3O5/c1-4-5-7-12-20(29)26-19(17-10-8-6-9-11-17)15-22(31)27-23(16(2)3)24(32)18-13-14-21(30)28-25(18)33/h4-12,16,18-19,23H,13-15H2,1-3H3,(H,26,29)(H,27,31)(H,28,30,33)/b5-4+,12-7+/t18?,19-,23-/m0/s1. The molecule has 1 aromatic carbocycles. The lowest BCUT2D eigenvalue weighted by atomic mass is 9.85. The Bertz CT molecular complexity index is 937. The van der Waals surface area contributed by atoms with Crippen LogP contribution in [0.15, 0.2) is 54.6 Å². The molecule has 0 aromatic heterocycles. The number of ketones is 1. The summed E-state index contributed by atoms with van der Waals surface area (Å²) < 4.78 is 0. The Kier molecular flexibility index (Phi) is 9.72. The largest absolute Gasteiger partial charge is 0.346 e. The maximum atomic E-state index is 13.0. The molecular formula is C25H31N3O5. The fourth-order valence-electron chi connectivity index (χ4n) is 3.58. The van der Waals surface area contributed by atoms with Crippen molar-refractivity contribution in [3.63, 3.8) is 0 Å². The number of piperidine rings is 1. The second-order valence-corrected chi connectivity index (χ2v) is 8.26. The van der Waals surface area contributed by atoms with Crippen LogP contribution in [0.2, 0.25) is 0 Å². The molecule has 0 bridgehead atoms. The Morgan fingerprint density at radius 1 is 1.09 bits per heavy atom. The molecular weight excluding hydrogens is 422 g/mol. The molecule has 0 spiro atoms. The van der Waals surface area contributed by atoms with Gasteiger partial charge in [0.2, 0.25) is 23.6 Å². The van der Waals surface area contributed by atoms with Crippen molar-refractivity contribution >= 4 is 29.4 Å². The third-order valence-electron chi connectivity index (χ3n) is 5.33. The molecule has 1 heterocycles. The lowest BCUT2D eigenvalue weighted by molar-refractivity contribution is -0.143. The Labute approximate surface area is 193 Å². The van der Waals surface area contributed by atoms with Crippen LogP contribution in [0.4, 0.5) is 0 Å². The van der Waals surface area contributed by atoms with Crippen molar-refractivity contribution in [2.75, 3.05) is 0 Å². The minimum absolute atomic E-state index is 0.0843. The summed E-state index contributed by atoms with van der Waals surface area (Å²) in [5.41, 5.74) is 0.748. The van der Waals surface area contributed by atoms with Crippen molar-refractivity contribution < 1.29 is 24.0 Å². The quantitative estimate of drug-likeness (QED) is 0.217. The zero-order valence-electron chi connectivity index (χ0n) is 19.2. The zero-order chi connectivity index (χ0) is 24.4. The number of benzene rings is 1. The van der Waals surface area contributed by atoms with E-state index in [0.717, 1.165) is 5.56 Å². The number of carbonyl (C=O) groups is 5. The topological polar surface area (TPSA) is 121 Å². The molecule has 3 atom stereocenters. The first kappa shape index (κ1) is 25.7. The summed E-state index contributed by atoms with van der Waals surface area (Å²) in [4.78, 5) is 61.7. The number of amides is 4. The smallest absolute Gasteiger partial charge is 0.244 e. The van der Waals surface area contributed by atoms with E-state index in [4.69, 9.17) is 0 Å². The lowest BCUT2D eigenvalue weighted by Crippen LogP contribution is -2.53. The van der Waals surface area contributed by atoms with Crippen LogP contribution in [0.25, 0.3) is 0 Å². The molecule has 176 valence electrons. The minimum Gasteiger partial charge on any atom is -0.346 e. The number of imide groups is 1. The van der Waals surface area contributed by atoms with Gasteiger partial charge in [-0.25, -0.2) is 0 Å². The van der Waals surface area contributed by atoms with Gasteiger partial charge in [0.25, 0.3) is 0 Å². The second-order valence-electron chi connectivity index (χ2n) is 8.26. The number of carbonyl (C=O) groups excluding carboxylic acids is 5. The van der Waals surface area contributed by atoms with Crippen molar-refractivity contribution in [1.29, 1.82) is 0 Å². The average Bonchev–Trinajstić information content (AvgIpc) is 2.77. The highest BCUT2D eigenvalue weighted by Crippen LogP contribution is 2.20. The van der Waals surface area contributed by atoms with Gasteiger partial charge in [-0.15, -0.1) is 0 Å². The maximum Gasteiger partial charge on any atom is 0.244 e. The van der Waals surface area contributed by atoms with Gasteiger partial charge in [-0.05, 0) is 24.8 Å². The first-order chi connectivity index (χ1) is 15.7. The van der Waals surface area contributed by atoms with Crippen molar-refractivity contribution in [2.24, 2.45) is 11.8 Å². The van der Waals surface area contributed by atoms with Crippen molar-refractivity contribution in [3.05, 3.63) is 60.2 Å². The molecule has 0 saturated carbocycles. The fourth-order valence-corrected chi connectivity index (χ4v) is 3.58. The van der Waals surface area contributed by atoms with Crippen molar-refractivity contribution in [2.45, 2.75) is 52.1 Å². The van der Waals surface area contributed by atoms with Crippen LogP contribution in [-0.4, -0.2) is 35.5 Å². The van der Waals surface area contributed by atoms with E-state index < -0.39 is 41.5 Å². The predicted molar refractivity (Wildman–Crippen MR) is 124 cm³/mol. The van der Waals surface area contributed by atoms with Crippen LogP contribution in [0.3, 0.4) is 0 Å². The van der Waals surface area contributed by atoms with Crippen LogP contribution in [0, 0.1) is 11.8 Å². The molecule has 1 saturated heterocycles. The molecule has 3 N–H and O–H groups in total. The summed E-state index contributed by atoms with van der Waals surface area (Å²) in [6.07, 6.45) is 6.61. The average molecular weight is 454 g/mol. The third-order valence-corrected chi connectivity index (χ3v) is 5.33. The van der Waals surface area contributed by atoms with E-state index >= 15 is 0 Å². The molecule has 1 aliphatic heterocycles. The van der Waals surface area contributed by atoms with Gasteiger partial charge in [0.1, 0.15) is 0 Å².